The second kappa shape index (κ2) is 14.7. The van der Waals surface area contributed by atoms with Crippen LogP contribution < -0.4 is 0 Å². The Morgan fingerprint density at radius 1 is 0.982 bits per heavy atom. The predicted octanol–water partition coefficient (Wildman–Crippen LogP) is 7.02. The molecule has 3 aliphatic heterocycles. The van der Waals surface area contributed by atoms with Gasteiger partial charge in [-0.3, -0.25) is 28.8 Å². The SMILES string of the molecule is Cc1c(C#Cc2ccc(CN3CC(CCc4cccc5c4CN(C4CCC(=O)CC4=O)C5=O)C3)cn2)sc2c1C(c1ccc(Cl)cc1)=N[C@@H](C)c1nnc(C)n1-2. The molecule has 0 spiro atoms. The van der Waals surface area contributed by atoms with Gasteiger partial charge < -0.3 is 4.90 Å². The third-order valence-electron chi connectivity index (χ3n) is 11.5. The molecule has 56 heavy (non-hydrogen) atoms. The van der Waals surface area contributed by atoms with Crippen molar-refractivity contribution in [3.63, 3.8) is 0 Å². The van der Waals surface area contributed by atoms with E-state index < -0.39 is 6.04 Å². The molecule has 2 fully saturated rings. The van der Waals surface area contributed by atoms with E-state index in [2.05, 4.69) is 50.6 Å². The van der Waals surface area contributed by atoms with Crippen molar-refractivity contribution in [3.8, 4) is 16.8 Å². The van der Waals surface area contributed by atoms with E-state index in [-0.39, 0.29) is 29.9 Å². The summed E-state index contributed by atoms with van der Waals surface area (Å²) in [5.74, 6) is 8.68. The summed E-state index contributed by atoms with van der Waals surface area (Å²) < 4.78 is 2.11. The molecule has 1 aliphatic carbocycles. The summed E-state index contributed by atoms with van der Waals surface area (Å²) >= 11 is 7.86. The fourth-order valence-corrected chi connectivity index (χ4v) is 9.85. The van der Waals surface area contributed by atoms with Crippen LogP contribution >= 0.6 is 22.9 Å². The van der Waals surface area contributed by atoms with Gasteiger partial charge in [0.2, 0.25) is 0 Å². The minimum Gasteiger partial charge on any atom is -0.324 e. The Morgan fingerprint density at radius 2 is 1.80 bits per heavy atom. The van der Waals surface area contributed by atoms with Crippen molar-refractivity contribution in [2.75, 3.05) is 13.1 Å². The quantitative estimate of drug-likeness (QED) is 0.129. The van der Waals surface area contributed by atoms with Gasteiger partial charge in [0.25, 0.3) is 5.91 Å². The van der Waals surface area contributed by atoms with Gasteiger partial charge in [0.1, 0.15) is 28.3 Å². The monoisotopic (exact) mass is 781 g/mol. The molecule has 4 aliphatic rings. The Hall–Kier alpha value is -5.28. The second-order valence-corrected chi connectivity index (χ2v) is 16.8. The first kappa shape index (κ1) is 36.4. The summed E-state index contributed by atoms with van der Waals surface area (Å²) in [6.45, 7) is 9.44. The van der Waals surface area contributed by atoms with Crippen LogP contribution in [0.4, 0.5) is 0 Å². The van der Waals surface area contributed by atoms with Crippen molar-refractivity contribution in [3.05, 3.63) is 127 Å². The number of hydrogen-bond donors (Lipinski definition) is 0. The van der Waals surface area contributed by atoms with E-state index >= 15 is 0 Å². The normalized spacial score (nSPS) is 19.5. The summed E-state index contributed by atoms with van der Waals surface area (Å²) in [5.41, 5.74) is 8.79. The third-order valence-corrected chi connectivity index (χ3v) is 13.0. The topological polar surface area (TPSA) is 114 Å². The number of carbonyl (C=O) groups is 3. The summed E-state index contributed by atoms with van der Waals surface area (Å²) in [6.07, 6.45) is 4.61. The number of aliphatic imine (C=N–C) groups is 1. The summed E-state index contributed by atoms with van der Waals surface area (Å²) in [4.78, 5) is 52.5. The number of likely N-dealkylation sites (tertiary alicyclic amines) is 1. The van der Waals surface area contributed by atoms with E-state index in [1.165, 1.54) is 5.56 Å². The van der Waals surface area contributed by atoms with Gasteiger partial charge in [-0.25, -0.2) is 4.98 Å². The van der Waals surface area contributed by atoms with Crippen LogP contribution in [0.25, 0.3) is 5.00 Å². The lowest BCUT2D eigenvalue weighted by atomic mass is 9.90. The van der Waals surface area contributed by atoms with Crippen LogP contribution in [-0.2, 0) is 29.1 Å². The highest BCUT2D eigenvalue weighted by Gasteiger charge is 2.40. The number of amides is 1. The number of aryl methyl sites for hydroxylation is 2. The molecule has 1 unspecified atom stereocenters. The van der Waals surface area contributed by atoms with Crippen molar-refractivity contribution in [1.82, 2.24) is 29.5 Å². The molecule has 3 aromatic heterocycles. The van der Waals surface area contributed by atoms with Gasteiger partial charge in [0.05, 0.1) is 23.1 Å². The fourth-order valence-electron chi connectivity index (χ4n) is 8.51. The number of halogens is 1. The van der Waals surface area contributed by atoms with E-state index in [1.54, 1.807) is 16.2 Å². The second-order valence-electron chi connectivity index (χ2n) is 15.4. The maximum atomic E-state index is 13.3. The molecule has 6 heterocycles. The van der Waals surface area contributed by atoms with Crippen LogP contribution in [0.5, 0.6) is 0 Å². The van der Waals surface area contributed by atoms with Crippen molar-refractivity contribution >= 4 is 46.1 Å². The predicted molar refractivity (Wildman–Crippen MR) is 215 cm³/mol. The molecule has 9 rings (SSSR count). The molecule has 1 saturated heterocycles. The minimum atomic E-state index is -0.486. The zero-order valence-electron chi connectivity index (χ0n) is 31.5. The molecule has 0 bridgehead atoms. The number of ketones is 2. The molecule has 10 nitrogen and oxygen atoms in total. The number of rotatable bonds is 7. The maximum absolute atomic E-state index is 13.3. The molecule has 1 amide bonds. The first-order valence-electron chi connectivity index (χ1n) is 19.2. The lowest BCUT2D eigenvalue weighted by Crippen LogP contribution is -2.46. The molecule has 0 radical (unpaired) electrons. The van der Waals surface area contributed by atoms with Crippen LogP contribution in [0, 0.1) is 31.6 Å². The molecule has 5 aromatic rings. The van der Waals surface area contributed by atoms with Gasteiger partial charge in [0.15, 0.2) is 11.6 Å². The first-order valence-corrected chi connectivity index (χ1v) is 20.4. The number of Topliss-reactive ketones (excluding diaryl/α,β-unsaturated/α-hetero) is 2. The van der Waals surface area contributed by atoms with Crippen LogP contribution in [-0.4, -0.2) is 71.9 Å². The van der Waals surface area contributed by atoms with Gasteiger partial charge >= 0.3 is 0 Å². The summed E-state index contributed by atoms with van der Waals surface area (Å²) in [6, 6.07) is 17.2. The van der Waals surface area contributed by atoms with E-state index in [0.717, 1.165) is 87.5 Å². The highest BCUT2D eigenvalue weighted by atomic mass is 35.5. The molecule has 1 saturated carbocycles. The average molecular weight is 782 g/mol. The van der Waals surface area contributed by atoms with E-state index in [0.29, 0.717) is 41.6 Å². The van der Waals surface area contributed by atoms with Gasteiger partial charge in [-0.1, -0.05) is 41.9 Å². The third kappa shape index (κ3) is 6.70. The minimum absolute atomic E-state index is 0.0263. The molecule has 12 heteroatoms. The van der Waals surface area contributed by atoms with Gasteiger partial charge in [-0.2, -0.15) is 0 Å². The standard InChI is InChI=1S/C44H40ClN7O3S/c1-25-39(56-44-40(25)41(31-10-12-32(45)13-11-31)47-26(2)42-49-48-27(3)52(42)44)18-15-33-14-8-28(20-46-33)21-50-22-29(23-50)7-9-30-5-4-6-35-36(30)24-51(43(35)55)37-17-16-34(53)19-38(37)54/h4-6,8,10-14,20,26,29,37H,7,9,16-17,19,21-24H2,1-3H3/t26-,37?/m0/s1. The molecule has 282 valence electrons. The fraction of sp³-hybridized carbons (Fsp3) is 0.341. The van der Waals surface area contributed by atoms with Crippen molar-refractivity contribution < 1.29 is 14.4 Å². The molecule has 2 atom stereocenters. The zero-order valence-corrected chi connectivity index (χ0v) is 33.1. The largest absolute Gasteiger partial charge is 0.324 e. The number of carbonyl (C=O) groups excluding carboxylic acids is 3. The number of benzene rings is 2. The van der Waals surface area contributed by atoms with Crippen molar-refractivity contribution in [2.24, 2.45) is 10.9 Å². The van der Waals surface area contributed by atoms with Crippen LogP contribution in [0.1, 0.15) is 105 Å². The Labute approximate surface area is 334 Å². The summed E-state index contributed by atoms with van der Waals surface area (Å²) in [5, 5.41) is 10.6. The number of thiophene rings is 1. The van der Waals surface area contributed by atoms with E-state index in [9.17, 15) is 14.4 Å². The Bertz CT molecular complexity index is 2500. The molecular weight excluding hydrogens is 742 g/mol. The number of pyridine rings is 1. The molecule has 0 N–H and O–H groups in total. The maximum Gasteiger partial charge on any atom is 0.255 e. The molecule has 2 aromatic carbocycles. The highest BCUT2D eigenvalue weighted by molar-refractivity contribution is 7.15. The van der Waals surface area contributed by atoms with E-state index in [1.807, 2.05) is 62.5 Å². The number of nitrogens with zero attached hydrogens (tertiary/aromatic N) is 7. The van der Waals surface area contributed by atoms with Crippen LogP contribution in [0.3, 0.4) is 0 Å². The lowest BCUT2D eigenvalue weighted by molar-refractivity contribution is -0.133. The Morgan fingerprint density at radius 3 is 2.57 bits per heavy atom. The Kier molecular flexibility index (Phi) is 9.52. The Balaban J connectivity index is 0.832. The number of hydrogen-bond acceptors (Lipinski definition) is 9. The molecular formula is C44H40ClN7O3S. The highest BCUT2D eigenvalue weighted by Crippen LogP contribution is 2.39. The first-order chi connectivity index (χ1) is 27.1. The van der Waals surface area contributed by atoms with Crippen molar-refractivity contribution in [2.45, 2.75) is 78.0 Å². The summed E-state index contributed by atoms with van der Waals surface area (Å²) in [7, 11) is 0. The smallest absolute Gasteiger partial charge is 0.255 e. The average Bonchev–Trinajstić information content (AvgIpc) is 3.80. The number of fused-ring (bicyclic) bond motifs is 4. The van der Waals surface area contributed by atoms with Gasteiger partial charge in [-0.05, 0) is 104 Å². The van der Waals surface area contributed by atoms with Crippen LogP contribution in [0.15, 0.2) is 65.8 Å². The zero-order chi connectivity index (χ0) is 38.7. The van der Waals surface area contributed by atoms with Gasteiger partial charge in [-0.15, -0.1) is 21.5 Å². The number of aromatic nitrogens is 4. The van der Waals surface area contributed by atoms with Crippen LogP contribution in [0.2, 0.25) is 5.02 Å². The lowest BCUT2D eigenvalue weighted by Gasteiger charge is -2.39. The van der Waals surface area contributed by atoms with Gasteiger partial charge in [0, 0.05) is 60.5 Å². The van der Waals surface area contributed by atoms with Crippen molar-refractivity contribution in [1.29, 1.82) is 0 Å². The van der Waals surface area contributed by atoms with E-state index in [4.69, 9.17) is 21.6 Å².